The largest absolute Gasteiger partial charge is 0.353 e. The van der Waals surface area contributed by atoms with Gasteiger partial charge in [-0.05, 0) is 25.7 Å². The fourth-order valence-electron chi connectivity index (χ4n) is 2.97. The zero-order chi connectivity index (χ0) is 12.5. The molecule has 0 unspecified atom stereocenters. The molecule has 0 radical (unpaired) electrons. The highest BCUT2D eigenvalue weighted by Crippen LogP contribution is 2.23. The Kier molecular flexibility index (Phi) is 3.24. The van der Waals surface area contributed by atoms with Gasteiger partial charge in [0.25, 0.3) is 0 Å². The molecule has 1 saturated heterocycles. The monoisotopic (exact) mass is 251 g/mol. The van der Waals surface area contributed by atoms with Gasteiger partial charge in [-0.2, -0.15) is 0 Å². The quantitative estimate of drug-likeness (QED) is 0.664. The number of nitrogens with one attached hydrogen (secondary N) is 3. The molecule has 2 amide bonds. The highest BCUT2D eigenvalue weighted by Gasteiger charge is 2.37. The van der Waals surface area contributed by atoms with E-state index in [1.165, 1.54) is 12.8 Å². The first kappa shape index (κ1) is 12.0. The SMILES string of the molecule is O=C(C[C@@H]1N[C@@H]2CCCC[C@H]2NC1=O)NC1CC1. The van der Waals surface area contributed by atoms with Crippen LogP contribution in [-0.4, -0.2) is 36.0 Å². The van der Waals surface area contributed by atoms with Gasteiger partial charge < -0.3 is 16.0 Å². The van der Waals surface area contributed by atoms with E-state index in [2.05, 4.69) is 16.0 Å². The van der Waals surface area contributed by atoms with Crippen LogP contribution in [0.2, 0.25) is 0 Å². The smallest absolute Gasteiger partial charge is 0.237 e. The fraction of sp³-hybridized carbons (Fsp3) is 0.846. The molecule has 0 aromatic heterocycles. The molecule has 0 bridgehead atoms. The average molecular weight is 251 g/mol. The number of amides is 2. The second-order valence-corrected chi connectivity index (χ2v) is 5.77. The van der Waals surface area contributed by atoms with Crippen LogP contribution in [0.5, 0.6) is 0 Å². The number of fused-ring (bicyclic) bond motifs is 1. The molecule has 2 aliphatic carbocycles. The van der Waals surface area contributed by atoms with Crippen molar-refractivity contribution in [1.29, 1.82) is 0 Å². The van der Waals surface area contributed by atoms with Crippen molar-refractivity contribution in [2.24, 2.45) is 0 Å². The molecule has 5 heteroatoms. The van der Waals surface area contributed by atoms with Crippen molar-refractivity contribution in [3.8, 4) is 0 Å². The number of hydrogen-bond donors (Lipinski definition) is 3. The number of hydrogen-bond acceptors (Lipinski definition) is 3. The Hall–Kier alpha value is -1.10. The van der Waals surface area contributed by atoms with Crippen molar-refractivity contribution in [2.45, 2.75) is 69.1 Å². The van der Waals surface area contributed by atoms with E-state index in [9.17, 15) is 9.59 Å². The molecule has 18 heavy (non-hydrogen) atoms. The van der Waals surface area contributed by atoms with Gasteiger partial charge in [-0.25, -0.2) is 0 Å². The van der Waals surface area contributed by atoms with Crippen molar-refractivity contribution in [2.75, 3.05) is 0 Å². The van der Waals surface area contributed by atoms with Crippen LogP contribution in [-0.2, 0) is 9.59 Å². The third kappa shape index (κ3) is 2.66. The number of carbonyl (C=O) groups excluding carboxylic acids is 2. The van der Waals surface area contributed by atoms with Crippen molar-refractivity contribution >= 4 is 11.8 Å². The standard InChI is InChI=1S/C13H21N3O2/c17-12(14-8-5-6-8)7-11-13(18)16-10-4-2-1-3-9(10)15-11/h8-11,15H,1-7H2,(H,14,17)(H,16,18)/t9-,10-,11+/m1/s1. The molecule has 2 saturated carbocycles. The minimum Gasteiger partial charge on any atom is -0.353 e. The van der Waals surface area contributed by atoms with Crippen LogP contribution < -0.4 is 16.0 Å². The summed E-state index contributed by atoms with van der Waals surface area (Å²) in [5, 5.41) is 9.35. The van der Waals surface area contributed by atoms with E-state index in [1.807, 2.05) is 0 Å². The second-order valence-electron chi connectivity index (χ2n) is 5.77. The van der Waals surface area contributed by atoms with Crippen molar-refractivity contribution in [3.05, 3.63) is 0 Å². The topological polar surface area (TPSA) is 70.2 Å². The Balaban J connectivity index is 1.54. The minimum absolute atomic E-state index is 0.000547. The first-order valence-electron chi connectivity index (χ1n) is 7.08. The van der Waals surface area contributed by atoms with Gasteiger partial charge in [-0.3, -0.25) is 9.59 Å². The third-order valence-electron chi connectivity index (χ3n) is 4.16. The summed E-state index contributed by atoms with van der Waals surface area (Å²) in [6.45, 7) is 0. The van der Waals surface area contributed by atoms with E-state index in [-0.39, 0.29) is 30.3 Å². The number of carbonyl (C=O) groups is 2. The molecule has 1 aliphatic heterocycles. The Labute approximate surface area is 107 Å². The Morgan fingerprint density at radius 1 is 1.17 bits per heavy atom. The minimum atomic E-state index is -0.344. The number of piperazine rings is 1. The molecular formula is C13H21N3O2. The van der Waals surface area contributed by atoms with Gasteiger partial charge in [-0.1, -0.05) is 12.8 Å². The van der Waals surface area contributed by atoms with Crippen molar-refractivity contribution in [1.82, 2.24) is 16.0 Å². The van der Waals surface area contributed by atoms with Crippen LogP contribution in [0.15, 0.2) is 0 Å². The zero-order valence-electron chi connectivity index (χ0n) is 10.6. The molecule has 0 spiro atoms. The van der Waals surface area contributed by atoms with Crippen LogP contribution in [0, 0.1) is 0 Å². The summed E-state index contributed by atoms with van der Waals surface area (Å²) in [7, 11) is 0. The molecule has 0 aromatic rings. The molecule has 100 valence electrons. The van der Waals surface area contributed by atoms with E-state index >= 15 is 0 Å². The molecule has 1 heterocycles. The van der Waals surface area contributed by atoms with Gasteiger partial charge in [0.2, 0.25) is 11.8 Å². The lowest BCUT2D eigenvalue weighted by Crippen LogP contribution is -2.65. The van der Waals surface area contributed by atoms with Crippen LogP contribution in [0.3, 0.4) is 0 Å². The lowest BCUT2D eigenvalue weighted by Gasteiger charge is -2.40. The molecule has 3 N–H and O–H groups in total. The van der Waals surface area contributed by atoms with Gasteiger partial charge >= 0.3 is 0 Å². The molecule has 3 fully saturated rings. The summed E-state index contributed by atoms with van der Waals surface area (Å²) < 4.78 is 0. The zero-order valence-corrected chi connectivity index (χ0v) is 10.6. The first-order valence-corrected chi connectivity index (χ1v) is 7.08. The third-order valence-corrected chi connectivity index (χ3v) is 4.16. The molecule has 0 aromatic carbocycles. The van der Waals surface area contributed by atoms with Crippen LogP contribution >= 0.6 is 0 Å². The van der Waals surface area contributed by atoms with Gasteiger partial charge in [0.1, 0.15) is 0 Å². The summed E-state index contributed by atoms with van der Waals surface area (Å²) in [5.74, 6) is -0.0106. The van der Waals surface area contributed by atoms with Crippen LogP contribution in [0.1, 0.15) is 44.9 Å². The Bertz CT molecular complexity index is 354. The Morgan fingerprint density at radius 3 is 2.61 bits per heavy atom. The molecule has 3 aliphatic rings. The maximum atomic E-state index is 11.9. The van der Waals surface area contributed by atoms with Crippen LogP contribution in [0.4, 0.5) is 0 Å². The molecule has 3 atom stereocenters. The van der Waals surface area contributed by atoms with E-state index in [4.69, 9.17) is 0 Å². The van der Waals surface area contributed by atoms with E-state index in [0.29, 0.717) is 12.1 Å². The highest BCUT2D eigenvalue weighted by molar-refractivity contribution is 5.89. The van der Waals surface area contributed by atoms with E-state index in [1.54, 1.807) is 0 Å². The average Bonchev–Trinajstić information content (AvgIpc) is 3.14. The first-order chi connectivity index (χ1) is 8.72. The van der Waals surface area contributed by atoms with Gasteiger partial charge in [0.15, 0.2) is 0 Å². The summed E-state index contributed by atoms with van der Waals surface area (Å²) in [6, 6.07) is 0.652. The Morgan fingerprint density at radius 2 is 1.89 bits per heavy atom. The summed E-state index contributed by atoms with van der Waals surface area (Å²) >= 11 is 0. The molecular weight excluding hydrogens is 230 g/mol. The predicted molar refractivity (Wildman–Crippen MR) is 66.9 cm³/mol. The van der Waals surface area contributed by atoms with E-state index in [0.717, 1.165) is 25.7 Å². The summed E-state index contributed by atoms with van der Waals surface area (Å²) in [5.41, 5.74) is 0. The lowest BCUT2D eigenvalue weighted by atomic mass is 9.87. The lowest BCUT2D eigenvalue weighted by molar-refractivity contribution is -0.131. The van der Waals surface area contributed by atoms with Crippen LogP contribution in [0.25, 0.3) is 0 Å². The normalized spacial score (nSPS) is 35.6. The molecule has 3 rings (SSSR count). The predicted octanol–water partition coefficient (Wildman–Crippen LogP) is 0.0543. The molecule has 5 nitrogen and oxygen atoms in total. The maximum Gasteiger partial charge on any atom is 0.237 e. The van der Waals surface area contributed by atoms with Crippen molar-refractivity contribution < 1.29 is 9.59 Å². The summed E-state index contributed by atoms with van der Waals surface area (Å²) in [4.78, 5) is 23.7. The van der Waals surface area contributed by atoms with E-state index < -0.39 is 0 Å². The maximum absolute atomic E-state index is 11.9. The second kappa shape index (κ2) is 4.88. The van der Waals surface area contributed by atoms with Gasteiger partial charge in [0, 0.05) is 18.1 Å². The van der Waals surface area contributed by atoms with Gasteiger partial charge in [-0.15, -0.1) is 0 Å². The fourth-order valence-corrected chi connectivity index (χ4v) is 2.97. The number of rotatable bonds is 3. The van der Waals surface area contributed by atoms with Gasteiger partial charge in [0.05, 0.1) is 12.5 Å². The van der Waals surface area contributed by atoms with Crippen molar-refractivity contribution in [3.63, 3.8) is 0 Å². The summed E-state index contributed by atoms with van der Waals surface area (Å²) in [6.07, 6.45) is 7.00. The highest BCUT2D eigenvalue weighted by atomic mass is 16.2.